The highest BCUT2D eigenvalue weighted by Crippen LogP contribution is 2.28. The molecule has 1 fully saturated rings. The summed E-state index contributed by atoms with van der Waals surface area (Å²) >= 11 is 0. The number of ether oxygens (including phenoxy) is 5. The van der Waals surface area contributed by atoms with Crippen LogP contribution in [0.15, 0.2) is 73.3 Å². The number of fused-ring (bicyclic) bond motifs is 1. The molecule has 220 valence electrons. The maximum Gasteiger partial charge on any atom is 0.184 e. The van der Waals surface area contributed by atoms with Crippen LogP contribution in [0.2, 0.25) is 0 Å². The number of hydrogen-bond donors (Lipinski definition) is 3. The predicted molar refractivity (Wildman–Crippen MR) is 157 cm³/mol. The van der Waals surface area contributed by atoms with Gasteiger partial charge in [-0.2, -0.15) is 0 Å². The molecule has 4 N–H and O–H groups in total. The molecule has 3 heterocycles. The molecule has 1 saturated heterocycles. The minimum absolute atomic E-state index is 0.209. The second-order valence-electron chi connectivity index (χ2n) is 10.4. The van der Waals surface area contributed by atoms with Gasteiger partial charge >= 0.3 is 0 Å². The van der Waals surface area contributed by atoms with E-state index in [0.29, 0.717) is 46.0 Å². The molecule has 0 spiro atoms. The number of nitrogens with zero attached hydrogens (tertiary/aromatic N) is 1. The molecular formula is C32H42N4O5. The Balaban J connectivity index is 1.24. The second-order valence-corrected chi connectivity index (χ2v) is 10.4. The molecule has 0 radical (unpaired) electrons. The third-order valence-electron chi connectivity index (χ3n) is 7.41. The molecule has 0 amide bonds. The largest absolute Gasteiger partial charge is 0.379 e. The van der Waals surface area contributed by atoms with E-state index in [-0.39, 0.29) is 18.3 Å². The summed E-state index contributed by atoms with van der Waals surface area (Å²) in [5, 5.41) is 1.21. The van der Waals surface area contributed by atoms with Gasteiger partial charge in [0.25, 0.3) is 0 Å². The van der Waals surface area contributed by atoms with Gasteiger partial charge in [0, 0.05) is 30.1 Å². The van der Waals surface area contributed by atoms with Crippen LogP contribution in [0.5, 0.6) is 0 Å². The summed E-state index contributed by atoms with van der Waals surface area (Å²) in [7, 11) is 0. The lowest BCUT2D eigenvalue weighted by molar-refractivity contribution is -0.289. The van der Waals surface area contributed by atoms with Crippen molar-refractivity contribution in [3.63, 3.8) is 0 Å². The Labute approximate surface area is 241 Å². The third-order valence-corrected chi connectivity index (χ3v) is 7.41. The Morgan fingerprint density at radius 1 is 0.878 bits per heavy atom. The zero-order valence-corrected chi connectivity index (χ0v) is 23.6. The van der Waals surface area contributed by atoms with Crippen LogP contribution in [-0.4, -0.2) is 65.9 Å². The molecule has 5 rings (SSSR count). The first-order valence-electron chi connectivity index (χ1n) is 14.6. The van der Waals surface area contributed by atoms with E-state index < -0.39 is 6.29 Å². The number of aromatic amines is 2. The zero-order chi connectivity index (χ0) is 28.1. The van der Waals surface area contributed by atoms with E-state index in [1.54, 1.807) is 12.5 Å². The highest BCUT2D eigenvalue weighted by molar-refractivity contribution is 5.83. The van der Waals surface area contributed by atoms with E-state index in [0.717, 1.165) is 42.5 Å². The molecule has 1 aliphatic rings. The van der Waals surface area contributed by atoms with Crippen molar-refractivity contribution in [3.05, 3.63) is 90.1 Å². The van der Waals surface area contributed by atoms with Gasteiger partial charge in [-0.05, 0) is 49.4 Å². The smallest absolute Gasteiger partial charge is 0.184 e. The fourth-order valence-electron chi connectivity index (χ4n) is 5.14. The van der Waals surface area contributed by atoms with E-state index in [1.807, 2.05) is 24.3 Å². The quantitative estimate of drug-likeness (QED) is 0.157. The second kappa shape index (κ2) is 15.8. The van der Waals surface area contributed by atoms with Gasteiger partial charge in [-0.15, -0.1) is 0 Å². The Morgan fingerprint density at radius 3 is 2.59 bits per heavy atom. The number of aromatic nitrogens is 3. The van der Waals surface area contributed by atoms with Gasteiger partial charge in [0.2, 0.25) is 0 Å². The Morgan fingerprint density at radius 2 is 1.73 bits per heavy atom. The lowest BCUT2D eigenvalue weighted by atomic mass is 10.0. The summed E-state index contributed by atoms with van der Waals surface area (Å²) in [6, 6.07) is 18.5. The molecule has 9 nitrogen and oxygen atoms in total. The van der Waals surface area contributed by atoms with Gasteiger partial charge in [0.1, 0.15) is 12.2 Å². The number of nitrogens with one attached hydrogen (secondary N) is 2. The fourth-order valence-corrected chi connectivity index (χ4v) is 5.14. The van der Waals surface area contributed by atoms with Crippen molar-refractivity contribution >= 4 is 10.9 Å². The van der Waals surface area contributed by atoms with E-state index in [9.17, 15) is 0 Å². The number of unbranched alkanes of at least 4 members (excludes halogenated alkanes) is 2. The molecule has 9 heteroatoms. The topological polar surface area (TPSA) is 117 Å². The number of hydrogen-bond acceptors (Lipinski definition) is 7. The van der Waals surface area contributed by atoms with Crippen LogP contribution in [0.1, 0.15) is 42.5 Å². The monoisotopic (exact) mass is 562 g/mol. The van der Waals surface area contributed by atoms with Gasteiger partial charge in [0.05, 0.1) is 50.7 Å². The predicted octanol–water partition coefficient (Wildman–Crippen LogP) is 4.88. The molecule has 4 atom stereocenters. The van der Waals surface area contributed by atoms with E-state index >= 15 is 0 Å². The lowest BCUT2D eigenvalue weighted by Crippen LogP contribution is -2.52. The van der Waals surface area contributed by atoms with Gasteiger partial charge < -0.3 is 39.4 Å². The average Bonchev–Trinajstić information content (AvgIpc) is 3.68. The van der Waals surface area contributed by atoms with Crippen LogP contribution in [0.3, 0.4) is 0 Å². The normalized spacial score (nSPS) is 21.0. The number of H-pyrrole nitrogens is 2. The zero-order valence-electron chi connectivity index (χ0n) is 23.6. The van der Waals surface area contributed by atoms with Crippen molar-refractivity contribution in [2.45, 2.75) is 69.9 Å². The van der Waals surface area contributed by atoms with Crippen LogP contribution >= 0.6 is 0 Å². The van der Waals surface area contributed by atoms with E-state index in [4.69, 9.17) is 29.4 Å². The van der Waals surface area contributed by atoms with Crippen molar-refractivity contribution in [1.29, 1.82) is 0 Å². The van der Waals surface area contributed by atoms with Crippen LogP contribution in [0, 0.1) is 0 Å². The van der Waals surface area contributed by atoms with Crippen molar-refractivity contribution in [2.24, 2.45) is 5.73 Å². The highest BCUT2D eigenvalue weighted by atomic mass is 16.7. The number of para-hydroxylation sites is 1. The van der Waals surface area contributed by atoms with Crippen LogP contribution in [0.4, 0.5) is 0 Å². The SMILES string of the molecule is NCCCCCOC[C@H]1O[C@@H](OCCc2c[nH]c3ccccc23)[C@H](OCc2cnc[nH]2)C[C@@H]1OCc1ccccc1. The average molecular weight is 563 g/mol. The van der Waals surface area contributed by atoms with Crippen molar-refractivity contribution in [3.8, 4) is 0 Å². The first kappa shape index (κ1) is 29.4. The number of imidazole rings is 1. The van der Waals surface area contributed by atoms with Crippen LogP contribution in [0.25, 0.3) is 10.9 Å². The minimum atomic E-state index is -0.550. The number of rotatable bonds is 17. The Bertz CT molecular complexity index is 1270. The van der Waals surface area contributed by atoms with Crippen molar-refractivity contribution < 1.29 is 23.7 Å². The standard InChI is InChI=1S/C32H42N4O5/c33-14-7-2-8-15-37-22-31-29(39-20-24-9-3-1-4-10-24)17-30(40-21-26-19-34-23-36-26)32(41-31)38-16-13-25-18-35-28-12-6-5-11-27(25)28/h1,3-6,9-12,18-19,23,29-32,35H,2,7-8,13-17,20-22,33H2,(H,34,36)/t29-,30+,31+,32+/m0/s1. The van der Waals surface area contributed by atoms with Crippen molar-refractivity contribution in [1.82, 2.24) is 15.0 Å². The van der Waals surface area contributed by atoms with Crippen molar-refractivity contribution in [2.75, 3.05) is 26.4 Å². The molecule has 0 saturated carbocycles. The minimum Gasteiger partial charge on any atom is -0.379 e. The maximum absolute atomic E-state index is 6.55. The van der Waals surface area contributed by atoms with Crippen LogP contribution in [-0.2, 0) is 43.3 Å². The molecule has 2 aromatic carbocycles. The summed E-state index contributed by atoms with van der Waals surface area (Å²) < 4.78 is 31.7. The molecular weight excluding hydrogens is 520 g/mol. The first-order valence-corrected chi connectivity index (χ1v) is 14.6. The summed E-state index contributed by atoms with van der Waals surface area (Å²) in [4.78, 5) is 10.6. The molecule has 0 bridgehead atoms. The van der Waals surface area contributed by atoms with Gasteiger partial charge in [-0.25, -0.2) is 4.98 Å². The molecule has 2 aromatic heterocycles. The van der Waals surface area contributed by atoms with E-state index in [1.165, 1.54) is 10.9 Å². The molecule has 1 aliphatic heterocycles. The Hall–Kier alpha value is -3.05. The van der Waals surface area contributed by atoms with Gasteiger partial charge in [-0.3, -0.25) is 0 Å². The maximum atomic E-state index is 6.55. The summed E-state index contributed by atoms with van der Waals surface area (Å²) in [5.74, 6) is 0. The summed E-state index contributed by atoms with van der Waals surface area (Å²) in [5.41, 5.74) is 9.98. The lowest BCUT2D eigenvalue weighted by Gasteiger charge is -2.40. The summed E-state index contributed by atoms with van der Waals surface area (Å²) in [6.45, 7) is 3.16. The van der Waals surface area contributed by atoms with Gasteiger partial charge in [-0.1, -0.05) is 48.5 Å². The molecule has 0 aliphatic carbocycles. The molecule has 0 unspecified atom stereocenters. The fraction of sp³-hybridized carbons (Fsp3) is 0.469. The van der Waals surface area contributed by atoms with Crippen LogP contribution < -0.4 is 5.73 Å². The first-order chi connectivity index (χ1) is 20.3. The number of benzene rings is 2. The number of nitrogens with two attached hydrogens (primary N) is 1. The highest BCUT2D eigenvalue weighted by Gasteiger charge is 2.40. The summed E-state index contributed by atoms with van der Waals surface area (Å²) in [6.07, 6.45) is 8.53. The molecule has 4 aromatic rings. The molecule has 41 heavy (non-hydrogen) atoms. The third kappa shape index (κ3) is 8.72. The Kier molecular flexibility index (Phi) is 11.4. The van der Waals surface area contributed by atoms with E-state index in [2.05, 4.69) is 51.5 Å². The van der Waals surface area contributed by atoms with Gasteiger partial charge in [0.15, 0.2) is 6.29 Å².